The number of methoxy groups -OCH3 is 1. The molecule has 1 heterocycles. The van der Waals surface area contributed by atoms with Crippen LogP contribution in [0.5, 0.6) is 0 Å². The first-order chi connectivity index (χ1) is 9.90. The first-order valence-electron chi connectivity index (χ1n) is 7.42. The van der Waals surface area contributed by atoms with E-state index < -0.39 is 13.8 Å². The summed E-state index contributed by atoms with van der Waals surface area (Å²) in [5.74, 6) is -0.342. The minimum Gasteiger partial charge on any atom is -0.459 e. The molecule has 122 valence electrons. The first kappa shape index (κ1) is 18.4. The highest BCUT2D eigenvalue weighted by Crippen LogP contribution is 2.43. The van der Waals surface area contributed by atoms with Crippen molar-refractivity contribution >= 4 is 14.5 Å². The summed E-state index contributed by atoms with van der Waals surface area (Å²) in [5, 5.41) is -0.483. The number of esters is 1. The maximum atomic E-state index is 11.8. The Balaban J connectivity index is 2.98. The van der Waals surface area contributed by atoms with Gasteiger partial charge < -0.3 is 18.3 Å². The van der Waals surface area contributed by atoms with Crippen LogP contribution in [0.4, 0.5) is 0 Å². The van der Waals surface area contributed by atoms with Gasteiger partial charge in [-0.3, -0.25) is 0 Å². The van der Waals surface area contributed by atoms with Crippen molar-refractivity contribution < 1.29 is 23.1 Å². The third kappa shape index (κ3) is 3.56. The lowest BCUT2D eigenvalue weighted by Crippen LogP contribution is -2.67. The summed E-state index contributed by atoms with van der Waals surface area (Å²) in [6.45, 7) is 7.39. The molecule has 1 aliphatic heterocycles. The molecular formula is C15H28O5Si. The van der Waals surface area contributed by atoms with Gasteiger partial charge in [0, 0.05) is 33.3 Å². The zero-order valence-electron chi connectivity index (χ0n) is 13.9. The van der Waals surface area contributed by atoms with Gasteiger partial charge in [-0.1, -0.05) is 19.9 Å². The van der Waals surface area contributed by atoms with Crippen molar-refractivity contribution in [2.24, 2.45) is 0 Å². The van der Waals surface area contributed by atoms with E-state index in [9.17, 15) is 4.79 Å². The van der Waals surface area contributed by atoms with Crippen LogP contribution < -0.4 is 0 Å². The van der Waals surface area contributed by atoms with Crippen LogP contribution in [0.1, 0.15) is 39.5 Å². The van der Waals surface area contributed by atoms with E-state index in [0.29, 0.717) is 12.0 Å². The normalized spacial score (nSPS) is 28.1. The molecule has 0 saturated carbocycles. The average molecular weight is 316 g/mol. The van der Waals surface area contributed by atoms with Gasteiger partial charge in [-0.15, -0.1) is 0 Å². The predicted molar refractivity (Wildman–Crippen MR) is 83.2 cm³/mol. The van der Waals surface area contributed by atoms with E-state index in [1.807, 2.05) is 0 Å². The Bertz CT molecular complexity index is 380. The Hall–Kier alpha value is -0.693. The standard InChI is InChI=1S/C15H28O5Si/c1-7-9-15(17-4)11-13(20-14(16)12(2)3)8-10-21(15,18-5)19-6/h13H,2,7-11H2,1,3-6H3. The van der Waals surface area contributed by atoms with Gasteiger partial charge in [-0.25, -0.2) is 4.79 Å². The number of ether oxygens (including phenoxy) is 2. The van der Waals surface area contributed by atoms with Crippen LogP contribution in [0.25, 0.3) is 0 Å². The van der Waals surface area contributed by atoms with Gasteiger partial charge in [0.25, 0.3) is 0 Å². The summed E-state index contributed by atoms with van der Waals surface area (Å²) in [4.78, 5) is 11.8. The van der Waals surface area contributed by atoms with Gasteiger partial charge in [0.1, 0.15) is 11.3 Å². The van der Waals surface area contributed by atoms with Crippen molar-refractivity contribution in [2.75, 3.05) is 21.3 Å². The second-order valence-corrected chi connectivity index (χ2v) is 9.39. The molecule has 5 nitrogen and oxygen atoms in total. The highest BCUT2D eigenvalue weighted by atomic mass is 28.4. The molecular weight excluding hydrogens is 288 g/mol. The molecule has 6 heteroatoms. The van der Waals surface area contributed by atoms with Crippen molar-refractivity contribution in [3.63, 3.8) is 0 Å². The van der Waals surface area contributed by atoms with E-state index in [0.717, 1.165) is 25.3 Å². The van der Waals surface area contributed by atoms with Crippen molar-refractivity contribution in [1.29, 1.82) is 0 Å². The molecule has 0 spiro atoms. The minimum absolute atomic E-state index is 0.174. The Morgan fingerprint density at radius 1 is 1.33 bits per heavy atom. The highest BCUT2D eigenvalue weighted by molar-refractivity contribution is 6.70. The van der Waals surface area contributed by atoms with E-state index in [4.69, 9.17) is 18.3 Å². The van der Waals surface area contributed by atoms with Crippen LogP contribution in [0.3, 0.4) is 0 Å². The number of hydrogen-bond donors (Lipinski definition) is 0. The van der Waals surface area contributed by atoms with E-state index in [-0.39, 0.29) is 12.1 Å². The molecule has 0 bridgehead atoms. The van der Waals surface area contributed by atoms with Crippen LogP contribution in [0, 0.1) is 0 Å². The number of rotatable bonds is 7. The van der Waals surface area contributed by atoms with Crippen LogP contribution in [-0.2, 0) is 23.1 Å². The van der Waals surface area contributed by atoms with Crippen LogP contribution in [0.2, 0.25) is 6.04 Å². The molecule has 0 aromatic rings. The summed E-state index contributed by atoms with van der Waals surface area (Å²) in [7, 11) is 2.59. The lowest BCUT2D eigenvalue weighted by atomic mass is 10.0. The molecule has 1 saturated heterocycles. The smallest absolute Gasteiger partial charge is 0.371 e. The van der Waals surface area contributed by atoms with E-state index >= 15 is 0 Å². The second-order valence-electron chi connectivity index (χ2n) is 5.66. The SMILES string of the molecule is C=C(C)C(=O)OC1CC[Si](OC)(OC)C(CCC)(OC)C1. The summed E-state index contributed by atoms with van der Waals surface area (Å²) in [6.07, 6.45) is 2.97. The molecule has 1 fully saturated rings. The second kappa shape index (κ2) is 7.53. The Morgan fingerprint density at radius 3 is 2.38 bits per heavy atom. The lowest BCUT2D eigenvalue weighted by molar-refractivity contribution is -0.149. The molecule has 2 atom stereocenters. The minimum atomic E-state index is -2.49. The molecule has 0 N–H and O–H groups in total. The van der Waals surface area contributed by atoms with E-state index in [2.05, 4.69) is 13.5 Å². The summed E-state index contributed by atoms with van der Waals surface area (Å²) in [5.41, 5.74) is 0.418. The quantitative estimate of drug-likeness (QED) is 0.411. The van der Waals surface area contributed by atoms with Crippen molar-refractivity contribution in [3.05, 3.63) is 12.2 Å². The number of carbonyl (C=O) groups is 1. The lowest BCUT2D eigenvalue weighted by Gasteiger charge is -2.49. The summed E-state index contributed by atoms with van der Waals surface area (Å²) in [6, 6.07) is 0.752. The van der Waals surface area contributed by atoms with E-state index in [1.54, 1.807) is 28.3 Å². The van der Waals surface area contributed by atoms with Crippen LogP contribution >= 0.6 is 0 Å². The molecule has 0 amide bonds. The molecule has 0 aliphatic carbocycles. The first-order valence-corrected chi connectivity index (χ1v) is 9.44. The van der Waals surface area contributed by atoms with Crippen LogP contribution in [0.15, 0.2) is 12.2 Å². The van der Waals surface area contributed by atoms with Gasteiger partial charge in [0.05, 0.1) is 0 Å². The largest absolute Gasteiger partial charge is 0.459 e. The third-order valence-electron chi connectivity index (χ3n) is 4.37. The molecule has 0 aromatic heterocycles. The van der Waals surface area contributed by atoms with Gasteiger partial charge in [0.15, 0.2) is 0 Å². The van der Waals surface area contributed by atoms with Gasteiger partial charge in [-0.05, 0) is 25.8 Å². The fraction of sp³-hybridized carbons (Fsp3) is 0.800. The number of carbonyl (C=O) groups excluding carboxylic acids is 1. The zero-order valence-corrected chi connectivity index (χ0v) is 14.9. The van der Waals surface area contributed by atoms with Crippen molar-refractivity contribution in [3.8, 4) is 0 Å². The Morgan fingerprint density at radius 2 is 1.95 bits per heavy atom. The molecule has 2 unspecified atom stereocenters. The highest BCUT2D eigenvalue weighted by Gasteiger charge is 2.61. The van der Waals surface area contributed by atoms with Crippen molar-refractivity contribution in [2.45, 2.75) is 56.9 Å². The zero-order chi connectivity index (χ0) is 16.1. The predicted octanol–water partition coefficient (Wildman–Crippen LogP) is 2.73. The maximum absolute atomic E-state index is 11.8. The Labute approximate surface area is 128 Å². The summed E-state index contributed by atoms with van der Waals surface area (Å²) >= 11 is 0. The molecule has 1 aliphatic rings. The fourth-order valence-corrected chi connectivity index (χ4v) is 7.21. The molecule has 21 heavy (non-hydrogen) atoms. The number of hydrogen-bond acceptors (Lipinski definition) is 5. The molecule has 0 aromatic carbocycles. The topological polar surface area (TPSA) is 54.0 Å². The monoisotopic (exact) mass is 316 g/mol. The van der Waals surface area contributed by atoms with E-state index in [1.165, 1.54) is 0 Å². The van der Waals surface area contributed by atoms with Crippen LogP contribution in [-0.4, -0.2) is 47.2 Å². The summed E-state index contributed by atoms with van der Waals surface area (Å²) < 4.78 is 23.1. The third-order valence-corrected chi connectivity index (χ3v) is 8.69. The maximum Gasteiger partial charge on any atom is 0.371 e. The van der Waals surface area contributed by atoms with Crippen molar-refractivity contribution in [1.82, 2.24) is 0 Å². The van der Waals surface area contributed by atoms with Gasteiger partial charge in [-0.2, -0.15) is 0 Å². The van der Waals surface area contributed by atoms with Gasteiger partial charge >= 0.3 is 14.5 Å². The molecule has 0 radical (unpaired) electrons. The van der Waals surface area contributed by atoms with Gasteiger partial charge in [0.2, 0.25) is 0 Å². The molecule has 1 rings (SSSR count). The Kier molecular flexibility index (Phi) is 6.59. The average Bonchev–Trinajstić information content (AvgIpc) is 2.48. The fourth-order valence-electron chi connectivity index (χ4n) is 3.25.